The second-order valence-corrected chi connectivity index (χ2v) is 6.48. The van der Waals surface area contributed by atoms with E-state index in [4.69, 9.17) is 9.47 Å². The number of rotatable bonds is 3. The van der Waals surface area contributed by atoms with E-state index in [2.05, 4.69) is 4.98 Å². The standard InChI is InChI=1S/C14H20N2O3S/c1-18-7-11-6-14(9-19-11)2-4-16(5-3-14)13(17)12-8-20-10-15-12/h8,10-11H,2-7,9H2,1H3/t11-/m1/s1. The lowest BCUT2D eigenvalue weighted by Crippen LogP contribution is -2.43. The summed E-state index contributed by atoms with van der Waals surface area (Å²) in [7, 11) is 1.71. The molecule has 5 nitrogen and oxygen atoms in total. The molecule has 0 aromatic carbocycles. The highest BCUT2D eigenvalue weighted by Crippen LogP contribution is 2.42. The van der Waals surface area contributed by atoms with E-state index in [1.807, 2.05) is 10.3 Å². The highest BCUT2D eigenvalue weighted by Gasteiger charge is 2.43. The topological polar surface area (TPSA) is 51.7 Å². The van der Waals surface area contributed by atoms with Crippen LogP contribution in [0.4, 0.5) is 0 Å². The van der Waals surface area contributed by atoms with E-state index in [0.29, 0.717) is 12.3 Å². The van der Waals surface area contributed by atoms with Crippen LogP contribution in [-0.4, -0.2) is 55.3 Å². The third-order valence-corrected chi connectivity index (χ3v) is 4.99. The molecule has 2 aliphatic heterocycles. The van der Waals surface area contributed by atoms with Crippen molar-refractivity contribution in [2.24, 2.45) is 5.41 Å². The first-order valence-electron chi connectivity index (χ1n) is 7.00. The summed E-state index contributed by atoms with van der Waals surface area (Å²) in [4.78, 5) is 18.3. The van der Waals surface area contributed by atoms with Gasteiger partial charge in [-0.25, -0.2) is 4.98 Å². The lowest BCUT2D eigenvalue weighted by molar-refractivity contribution is 0.0280. The number of thiazole rings is 1. The molecule has 110 valence electrons. The van der Waals surface area contributed by atoms with Crippen molar-refractivity contribution < 1.29 is 14.3 Å². The molecule has 0 bridgehead atoms. The molecule has 2 aliphatic rings. The van der Waals surface area contributed by atoms with Crippen LogP contribution in [-0.2, 0) is 9.47 Å². The summed E-state index contributed by atoms with van der Waals surface area (Å²) in [6.07, 6.45) is 3.31. The highest BCUT2D eigenvalue weighted by molar-refractivity contribution is 7.07. The summed E-state index contributed by atoms with van der Waals surface area (Å²) in [6.45, 7) is 3.09. The number of piperidine rings is 1. The lowest BCUT2D eigenvalue weighted by Gasteiger charge is -2.38. The number of amides is 1. The van der Waals surface area contributed by atoms with Crippen LogP contribution >= 0.6 is 11.3 Å². The molecule has 2 fully saturated rings. The maximum atomic E-state index is 12.2. The molecule has 0 unspecified atom stereocenters. The van der Waals surface area contributed by atoms with Gasteiger partial charge in [-0.15, -0.1) is 11.3 Å². The fraction of sp³-hybridized carbons (Fsp3) is 0.714. The number of hydrogen-bond acceptors (Lipinski definition) is 5. The number of methoxy groups -OCH3 is 1. The normalized spacial score (nSPS) is 25.2. The number of ether oxygens (including phenoxy) is 2. The van der Waals surface area contributed by atoms with E-state index >= 15 is 0 Å². The minimum atomic E-state index is 0.0634. The van der Waals surface area contributed by atoms with Crippen LogP contribution in [0.2, 0.25) is 0 Å². The number of carbonyl (C=O) groups excluding carboxylic acids is 1. The lowest BCUT2D eigenvalue weighted by atomic mass is 9.76. The van der Waals surface area contributed by atoms with Crippen molar-refractivity contribution in [3.8, 4) is 0 Å². The molecule has 0 saturated carbocycles. The molecule has 1 aromatic rings. The van der Waals surface area contributed by atoms with Crippen molar-refractivity contribution in [1.82, 2.24) is 9.88 Å². The van der Waals surface area contributed by atoms with Crippen LogP contribution in [0.5, 0.6) is 0 Å². The van der Waals surface area contributed by atoms with Crippen LogP contribution in [0.15, 0.2) is 10.9 Å². The fourth-order valence-electron chi connectivity index (χ4n) is 3.20. The van der Waals surface area contributed by atoms with Gasteiger partial charge in [-0.3, -0.25) is 4.79 Å². The quantitative estimate of drug-likeness (QED) is 0.853. The van der Waals surface area contributed by atoms with E-state index in [-0.39, 0.29) is 17.4 Å². The van der Waals surface area contributed by atoms with Gasteiger partial charge in [-0.1, -0.05) is 0 Å². The second kappa shape index (κ2) is 5.79. The van der Waals surface area contributed by atoms with Gasteiger partial charge >= 0.3 is 0 Å². The molecule has 3 rings (SSSR count). The smallest absolute Gasteiger partial charge is 0.273 e. The Morgan fingerprint density at radius 2 is 2.40 bits per heavy atom. The second-order valence-electron chi connectivity index (χ2n) is 5.76. The van der Waals surface area contributed by atoms with E-state index in [0.717, 1.165) is 39.0 Å². The van der Waals surface area contributed by atoms with E-state index in [1.165, 1.54) is 11.3 Å². The van der Waals surface area contributed by atoms with Gasteiger partial charge in [0.15, 0.2) is 0 Å². The third kappa shape index (κ3) is 2.73. The third-order valence-electron chi connectivity index (χ3n) is 4.40. The Hall–Kier alpha value is -0.980. The Morgan fingerprint density at radius 1 is 1.60 bits per heavy atom. The molecule has 1 spiro atoms. The van der Waals surface area contributed by atoms with Crippen LogP contribution in [0.25, 0.3) is 0 Å². The van der Waals surface area contributed by atoms with Crippen molar-refractivity contribution >= 4 is 17.2 Å². The number of nitrogens with zero attached hydrogens (tertiary/aromatic N) is 2. The van der Waals surface area contributed by atoms with Crippen molar-refractivity contribution in [2.45, 2.75) is 25.4 Å². The van der Waals surface area contributed by atoms with Gasteiger partial charge in [0.25, 0.3) is 5.91 Å². The first-order valence-corrected chi connectivity index (χ1v) is 7.95. The summed E-state index contributed by atoms with van der Waals surface area (Å²) in [5.41, 5.74) is 2.53. The minimum Gasteiger partial charge on any atom is -0.382 e. The van der Waals surface area contributed by atoms with Gasteiger partial charge in [0.2, 0.25) is 0 Å². The highest BCUT2D eigenvalue weighted by atomic mass is 32.1. The van der Waals surface area contributed by atoms with Crippen LogP contribution in [0.1, 0.15) is 29.8 Å². The number of hydrogen-bond donors (Lipinski definition) is 0. The zero-order valence-electron chi connectivity index (χ0n) is 11.7. The summed E-state index contributed by atoms with van der Waals surface area (Å²) >= 11 is 1.46. The molecular weight excluding hydrogens is 276 g/mol. The predicted molar refractivity (Wildman–Crippen MR) is 75.9 cm³/mol. The van der Waals surface area contributed by atoms with Gasteiger partial charge in [-0.05, 0) is 24.7 Å². The van der Waals surface area contributed by atoms with Crippen molar-refractivity contribution in [1.29, 1.82) is 0 Å². The van der Waals surface area contributed by atoms with Gasteiger partial charge in [0.1, 0.15) is 5.69 Å². The van der Waals surface area contributed by atoms with Crippen molar-refractivity contribution in [2.75, 3.05) is 33.4 Å². The Morgan fingerprint density at radius 3 is 3.05 bits per heavy atom. The van der Waals surface area contributed by atoms with Crippen LogP contribution in [0.3, 0.4) is 0 Å². The Labute approximate surface area is 122 Å². The van der Waals surface area contributed by atoms with Gasteiger partial charge in [0.05, 0.1) is 24.8 Å². The van der Waals surface area contributed by atoms with E-state index < -0.39 is 0 Å². The Balaban J connectivity index is 1.56. The maximum absolute atomic E-state index is 12.2. The Bertz CT molecular complexity index is 455. The van der Waals surface area contributed by atoms with Crippen molar-refractivity contribution in [3.05, 3.63) is 16.6 Å². The molecule has 6 heteroatoms. The molecule has 20 heavy (non-hydrogen) atoms. The zero-order chi connectivity index (χ0) is 14.0. The average molecular weight is 296 g/mol. The zero-order valence-corrected chi connectivity index (χ0v) is 12.5. The molecule has 2 saturated heterocycles. The molecule has 1 atom stereocenters. The summed E-state index contributed by atoms with van der Waals surface area (Å²) in [5, 5.41) is 1.82. The monoisotopic (exact) mass is 296 g/mol. The molecule has 0 radical (unpaired) electrons. The molecule has 3 heterocycles. The SMILES string of the molecule is COC[C@H]1CC2(CCN(C(=O)c3cscn3)CC2)CO1. The average Bonchev–Trinajstić information content (AvgIpc) is 3.10. The number of carbonyl (C=O) groups is 1. The number of likely N-dealkylation sites (tertiary alicyclic amines) is 1. The summed E-state index contributed by atoms with van der Waals surface area (Å²) in [6, 6.07) is 0. The van der Waals surface area contributed by atoms with Crippen molar-refractivity contribution in [3.63, 3.8) is 0 Å². The fourth-order valence-corrected chi connectivity index (χ4v) is 3.73. The molecule has 1 aromatic heterocycles. The molecule has 1 amide bonds. The summed E-state index contributed by atoms with van der Waals surface area (Å²) in [5.74, 6) is 0.0634. The predicted octanol–water partition coefficient (Wildman–Crippen LogP) is 1.80. The van der Waals surface area contributed by atoms with Gasteiger partial charge in [-0.2, -0.15) is 0 Å². The molecule has 0 N–H and O–H groups in total. The van der Waals surface area contributed by atoms with E-state index in [9.17, 15) is 4.79 Å². The minimum absolute atomic E-state index is 0.0634. The van der Waals surface area contributed by atoms with E-state index in [1.54, 1.807) is 12.6 Å². The van der Waals surface area contributed by atoms with Crippen LogP contribution in [0, 0.1) is 5.41 Å². The Kier molecular flexibility index (Phi) is 4.05. The first-order chi connectivity index (χ1) is 9.72. The molecule has 0 aliphatic carbocycles. The van der Waals surface area contributed by atoms with Gasteiger partial charge in [0, 0.05) is 25.6 Å². The van der Waals surface area contributed by atoms with Gasteiger partial charge < -0.3 is 14.4 Å². The first kappa shape index (κ1) is 14.0. The largest absolute Gasteiger partial charge is 0.382 e. The molecular formula is C14H20N2O3S. The van der Waals surface area contributed by atoms with Crippen LogP contribution < -0.4 is 0 Å². The number of aromatic nitrogens is 1. The maximum Gasteiger partial charge on any atom is 0.273 e. The summed E-state index contributed by atoms with van der Waals surface area (Å²) < 4.78 is 11.0.